The molecule has 2 heterocycles. The number of rotatable bonds is 3. The van der Waals surface area contributed by atoms with E-state index in [4.69, 9.17) is 4.74 Å². The lowest BCUT2D eigenvalue weighted by atomic mass is 10.1. The number of halogens is 6. The maximum atomic E-state index is 13.7. The number of aromatic nitrogens is 2. The van der Waals surface area contributed by atoms with Gasteiger partial charge < -0.3 is 4.74 Å². The van der Waals surface area contributed by atoms with E-state index in [0.29, 0.717) is 16.9 Å². The first-order chi connectivity index (χ1) is 14.1. The Morgan fingerprint density at radius 2 is 1.43 bits per heavy atom. The number of alkyl halides is 6. The Hall–Kier alpha value is -3.14. The predicted octanol–water partition coefficient (Wildman–Crippen LogP) is 7.19. The number of ether oxygens (including phenoxy) is 1. The first kappa shape index (κ1) is 20.1. The number of benzene rings is 2. The molecule has 0 fully saturated rings. The van der Waals surface area contributed by atoms with E-state index in [-0.39, 0.29) is 27.4 Å². The summed E-state index contributed by atoms with van der Waals surface area (Å²) in [4.78, 5) is 7.04. The van der Waals surface area contributed by atoms with Crippen LogP contribution in [0.5, 0.6) is 11.6 Å². The van der Waals surface area contributed by atoms with Crippen LogP contribution in [0.25, 0.3) is 21.3 Å². The molecule has 0 radical (unpaired) electrons. The second-order valence-electron chi connectivity index (χ2n) is 6.15. The Labute approximate surface area is 169 Å². The standard InChI is InChI=1S/C20H10F6N2OS/c21-19(22,23)12-6-8-13(9-7-12)29-18-16-15(27-10-28-18)14(11-4-2-1-3-5-11)17(30-16)20(24,25)26/h1-10H. The first-order valence-electron chi connectivity index (χ1n) is 8.40. The van der Waals surface area contributed by atoms with E-state index in [9.17, 15) is 26.3 Å². The van der Waals surface area contributed by atoms with Gasteiger partial charge in [0.15, 0.2) is 0 Å². The maximum Gasteiger partial charge on any atom is 0.426 e. The number of fused-ring (bicyclic) bond motifs is 1. The molecule has 0 saturated carbocycles. The molecule has 0 N–H and O–H groups in total. The van der Waals surface area contributed by atoms with E-state index >= 15 is 0 Å². The van der Waals surface area contributed by atoms with Crippen LogP contribution in [0.4, 0.5) is 26.3 Å². The van der Waals surface area contributed by atoms with Crippen molar-refractivity contribution in [1.82, 2.24) is 9.97 Å². The number of hydrogen-bond acceptors (Lipinski definition) is 4. The van der Waals surface area contributed by atoms with Crippen LogP contribution in [0.15, 0.2) is 60.9 Å². The number of hydrogen-bond donors (Lipinski definition) is 0. The summed E-state index contributed by atoms with van der Waals surface area (Å²) in [5.41, 5.74) is -0.585. The van der Waals surface area contributed by atoms with E-state index in [2.05, 4.69) is 9.97 Å². The average Bonchev–Trinajstić information content (AvgIpc) is 3.10. The van der Waals surface area contributed by atoms with Gasteiger partial charge in [-0.1, -0.05) is 30.3 Å². The SMILES string of the molecule is FC(F)(F)c1ccc(Oc2ncnc3c(-c4ccccc4)c(C(F)(F)F)sc23)cc1. The van der Waals surface area contributed by atoms with Gasteiger partial charge in [-0.3, -0.25) is 0 Å². The lowest BCUT2D eigenvalue weighted by Gasteiger charge is -2.09. The third kappa shape index (κ3) is 3.82. The van der Waals surface area contributed by atoms with Crippen LogP contribution in [0.1, 0.15) is 10.4 Å². The van der Waals surface area contributed by atoms with Gasteiger partial charge in [0.25, 0.3) is 0 Å². The van der Waals surface area contributed by atoms with Gasteiger partial charge in [-0.25, -0.2) is 9.97 Å². The third-order valence-corrected chi connectivity index (χ3v) is 5.37. The lowest BCUT2D eigenvalue weighted by Crippen LogP contribution is -2.04. The molecule has 154 valence electrons. The fourth-order valence-electron chi connectivity index (χ4n) is 2.86. The molecular weight excluding hydrogens is 430 g/mol. The summed E-state index contributed by atoms with van der Waals surface area (Å²) in [5.74, 6) is -0.163. The molecule has 0 aliphatic heterocycles. The molecule has 0 aliphatic carbocycles. The highest BCUT2D eigenvalue weighted by atomic mass is 32.1. The fraction of sp³-hybridized carbons (Fsp3) is 0.100. The van der Waals surface area contributed by atoms with Crippen LogP contribution in [-0.4, -0.2) is 9.97 Å². The zero-order valence-electron chi connectivity index (χ0n) is 14.8. The zero-order valence-corrected chi connectivity index (χ0v) is 15.6. The topological polar surface area (TPSA) is 35.0 Å². The molecule has 0 saturated heterocycles. The Kier molecular flexibility index (Phi) is 4.89. The number of nitrogens with zero attached hydrogens (tertiary/aromatic N) is 2. The lowest BCUT2D eigenvalue weighted by molar-refractivity contribution is -0.137. The minimum absolute atomic E-state index is 0.00576. The van der Waals surface area contributed by atoms with Crippen LogP contribution in [0, 0.1) is 0 Å². The molecule has 4 rings (SSSR count). The molecule has 2 aromatic carbocycles. The Bertz CT molecular complexity index is 1180. The summed E-state index contributed by atoms with van der Waals surface area (Å²) in [6, 6.07) is 11.8. The highest BCUT2D eigenvalue weighted by Crippen LogP contribution is 2.48. The third-order valence-electron chi connectivity index (χ3n) is 4.16. The van der Waals surface area contributed by atoms with E-state index in [1.807, 2.05) is 0 Å². The van der Waals surface area contributed by atoms with Gasteiger partial charge in [0.1, 0.15) is 21.7 Å². The fourth-order valence-corrected chi connectivity index (χ4v) is 3.93. The molecular formula is C20H10F6N2OS. The van der Waals surface area contributed by atoms with Crippen molar-refractivity contribution in [3.63, 3.8) is 0 Å². The van der Waals surface area contributed by atoms with Crippen molar-refractivity contribution in [3.8, 4) is 22.8 Å². The highest BCUT2D eigenvalue weighted by molar-refractivity contribution is 7.20. The van der Waals surface area contributed by atoms with Gasteiger partial charge in [-0.2, -0.15) is 26.3 Å². The molecule has 2 aromatic heterocycles. The first-order valence-corrected chi connectivity index (χ1v) is 9.21. The average molecular weight is 440 g/mol. The van der Waals surface area contributed by atoms with Crippen LogP contribution < -0.4 is 4.74 Å². The zero-order chi connectivity index (χ0) is 21.5. The predicted molar refractivity (Wildman–Crippen MR) is 99.4 cm³/mol. The molecule has 0 unspecified atom stereocenters. The van der Waals surface area contributed by atoms with Crippen molar-refractivity contribution in [2.75, 3.05) is 0 Å². The molecule has 4 aromatic rings. The minimum Gasteiger partial charge on any atom is -0.437 e. The van der Waals surface area contributed by atoms with Crippen molar-refractivity contribution >= 4 is 21.6 Å². The minimum atomic E-state index is -4.64. The van der Waals surface area contributed by atoms with Gasteiger partial charge in [0.05, 0.1) is 11.1 Å². The van der Waals surface area contributed by atoms with Crippen LogP contribution in [-0.2, 0) is 12.4 Å². The van der Waals surface area contributed by atoms with Crippen molar-refractivity contribution in [3.05, 3.63) is 71.4 Å². The summed E-state index contributed by atoms with van der Waals surface area (Å²) in [7, 11) is 0. The summed E-state index contributed by atoms with van der Waals surface area (Å²) < 4.78 is 84.8. The maximum absolute atomic E-state index is 13.7. The summed E-state index contributed by atoms with van der Waals surface area (Å²) in [5, 5.41) is 0. The van der Waals surface area contributed by atoms with Crippen molar-refractivity contribution in [2.24, 2.45) is 0 Å². The Morgan fingerprint density at radius 1 is 0.767 bits per heavy atom. The van der Waals surface area contributed by atoms with Crippen molar-refractivity contribution in [2.45, 2.75) is 12.4 Å². The van der Waals surface area contributed by atoms with Gasteiger partial charge in [0.2, 0.25) is 5.88 Å². The van der Waals surface area contributed by atoms with Crippen molar-refractivity contribution in [1.29, 1.82) is 0 Å². The molecule has 0 spiro atoms. The van der Waals surface area contributed by atoms with Crippen LogP contribution in [0.2, 0.25) is 0 Å². The Morgan fingerprint density at radius 3 is 2.03 bits per heavy atom. The van der Waals surface area contributed by atoms with E-state index in [1.54, 1.807) is 18.2 Å². The van der Waals surface area contributed by atoms with Gasteiger partial charge in [-0.05, 0) is 29.8 Å². The quantitative estimate of drug-likeness (QED) is 0.316. The van der Waals surface area contributed by atoms with Gasteiger partial charge >= 0.3 is 12.4 Å². The molecule has 30 heavy (non-hydrogen) atoms. The van der Waals surface area contributed by atoms with E-state index in [0.717, 1.165) is 30.6 Å². The van der Waals surface area contributed by atoms with Crippen LogP contribution in [0.3, 0.4) is 0 Å². The van der Waals surface area contributed by atoms with Crippen molar-refractivity contribution < 1.29 is 31.1 Å². The molecule has 0 atom stereocenters. The smallest absolute Gasteiger partial charge is 0.426 e. The van der Waals surface area contributed by atoms with E-state index in [1.165, 1.54) is 12.1 Å². The monoisotopic (exact) mass is 440 g/mol. The normalized spacial score (nSPS) is 12.3. The second-order valence-corrected chi connectivity index (χ2v) is 7.17. The van der Waals surface area contributed by atoms with Crippen LogP contribution >= 0.6 is 11.3 Å². The highest BCUT2D eigenvalue weighted by Gasteiger charge is 2.38. The summed E-state index contributed by atoms with van der Waals surface area (Å²) >= 11 is 0.424. The second kappa shape index (κ2) is 7.28. The largest absolute Gasteiger partial charge is 0.437 e. The molecule has 0 amide bonds. The summed E-state index contributed by atoms with van der Waals surface area (Å²) in [6.07, 6.45) is -8.09. The van der Waals surface area contributed by atoms with Gasteiger partial charge in [-0.15, -0.1) is 11.3 Å². The summed E-state index contributed by atoms with van der Waals surface area (Å²) in [6.45, 7) is 0. The molecule has 0 aliphatic rings. The van der Waals surface area contributed by atoms with Gasteiger partial charge in [0, 0.05) is 5.56 Å². The Balaban J connectivity index is 1.82. The molecule has 3 nitrogen and oxygen atoms in total. The molecule has 10 heteroatoms. The molecule has 0 bridgehead atoms. The number of thiophene rings is 1. The van der Waals surface area contributed by atoms with E-state index < -0.39 is 22.8 Å².